The molecule has 3 aromatic rings. The van der Waals surface area contributed by atoms with Crippen molar-refractivity contribution in [2.24, 2.45) is 0 Å². The summed E-state index contributed by atoms with van der Waals surface area (Å²) in [7, 11) is 0. The first-order valence-electron chi connectivity index (χ1n) is 11.1. The predicted molar refractivity (Wildman–Crippen MR) is 127 cm³/mol. The Labute approximate surface area is 188 Å². The Morgan fingerprint density at radius 3 is 2.31 bits per heavy atom. The van der Waals surface area contributed by atoms with Crippen LogP contribution in [0.5, 0.6) is 0 Å². The first kappa shape index (κ1) is 23.3. The monoisotopic (exact) mass is 435 g/mol. The minimum atomic E-state index is -0.644. The summed E-state index contributed by atoms with van der Waals surface area (Å²) in [5.74, 6) is -1.54. The molecular weight excluding hydrogens is 405 g/mol. The van der Waals surface area contributed by atoms with Crippen LogP contribution in [0.2, 0.25) is 0 Å². The minimum absolute atomic E-state index is 0.0975. The molecule has 0 fully saturated rings. The number of amides is 2. The van der Waals surface area contributed by atoms with Crippen LogP contribution < -0.4 is 5.32 Å². The third kappa shape index (κ3) is 5.07. The normalized spacial score (nSPS) is 11.6. The van der Waals surface area contributed by atoms with E-state index in [2.05, 4.69) is 16.8 Å². The molecule has 2 aromatic carbocycles. The number of carbonyl (C=O) groups excluding carboxylic acids is 2. The van der Waals surface area contributed by atoms with E-state index in [0.717, 1.165) is 35.9 Å². The van der Waals surface area contributed by atoms with Gasteiger partial charge in [0.2, 0.25) is 0 Å². The van der Waals surface area contributed by atoms with Crippen LogP contribution in [0.15, 0.2) is 60.4 Å². The smallest absolute Gasteiger partial charge is 0.270 e. The van der Waals surface area contributed by atoms with E-state index in [1.54, 1.807) is 17.0 Å². The average molecular weight is 436 g/mol. The second-order valence-corrected chi connectivity index (χ2v) is 7.67. The van der Waals surface area contributed by atoms with Crippen LogP contribution >= 0.6 is 0 Å². The molecule has 0 unspecified atom stereocenters. The number of benzene rings is 2. The SMILES string of the molecule is CCCN(CCC)C(=O)C(=Cc1cn(CC)c2ccccc12)NC(=O)c1ccccc1F. The Balaban J connectivity index is 2.07. The number of carbonyl (C=O) groups is 2. The zero-order valence-electron chi connectivity index (χ0n) is 18.9. The Hall–Kier alpha value is -3.41. The van der Waals surface area contributed by atoms with E-state index in [1.165, 1.54) is 18.2 Å². The molecule has 0 aliphatic heterocycles. The summed E-state index contributed by atoms with van der Waals surface area (Å²) in [6, 6.07) is 13.7. The maximum Gasteiger partial charge on any atom is 0.270 e. The number of fused-ring (bicyclic) bond motifs is 1. The molecule has 1 heterocycles. The Kier molecular flexibility index (Phi) is 7.82. The van der Waals surface area contributed by atoms with Gasteiger partial charge < -0.3 is 14.8 Å². The molecule has 32 heavy (non-hydrogen) atoms. The van der Waals surface area contributed by atoms with Crippen molar-refractivity contribution in [3.8, 4) is 0 Å². The lowest BCUT2D eigenvalue weighted by atomic mass is 10.1. The van der Waals surface area contributed by atoms with E-state index in [-0.39, 0.29) is 17.2 Å². The zero-order chi connectivity index (χ0) is 23.1. The fourth-order valence-corrected chi connectivity index (χ4v) is 3.82. The largest absolute Gasteiger partial charge is 0.347 e. The molecule has 0 saturated carbocycles. The minimum Gasteiger partial charge on any atom is -0.347 e. The van der Waals surface area contributed by atoms with Crippen LogP contribution in [0.4, 0.5) is 4.39 Å². The molecule has 0 aliphatic rings. The summed E-state index contributed by atoms with van der Waals surface area (Å²) in [4.78, 5) is 28.0. The van der Waals surface area contributed by atoms with Gasteiger partial charge in [-0.25, -0.2) is 4.39 Å². The summed E-state index contributed by atoms with van der Waals surface area (Å²) < 4.78 is 16.3. The van der Waals surface area contributed by atoms with Gasteiger partial charge in [0.25, 0.3) is 11.8 Å². The van der Waals surface area contributed by atoms with Gasteiger partial charge in [-0.15, -0.1) is 0 Å². The van der Waals surface area contributed by atoms with E-state index in [4.69, 9.17) is 0 Å². The van der Waals surface area contributed by atoms with Crippen molar-refractivity contribution in [2.45, 2.75) is 40.2 Å². The molecule has 1 N–H and O–H groups in total. The van der Waals surface area contributed by atoms with Crippen LogP contribution in [0.1, 0.15) is 49.5 Å². The summed E-state index contributed by atoms with van der Waals surface area (Å²) in [6.45, 7) is 8.00. The van der Waals surface area contributed by atoms with Crippen molar-refractivity contribution in [2.75, 3.05) is 13.1 Å². The van der Waals surface area contributed by atoms with Gasteiger partial charge in [0.1, 0.15) is 11.5 Å². The highest BCUT2D eigenvalue weighted by Crippen LogP contribution is 2.24. The predicted octanol–water partition coefficient (Wildman–Crippen LogP) is 5.22. The number of para-hydroxylation sites is 1. The van der Waals surface area contributed by atoms with Crippen molar-refractivity contribution >= 4 is 28.8 Å². The van der Waals surface area contributed by atoms with Crippen molar-refractivity contribution in [1.29, 1.82) is 0 Å². The Morgan fingerprint density at radius 1 is 1.00 bits per heavy atom. The molecule has 168 valence electrons. The molecule has 0 radical (unpaired) electrons. The van der Waals surface area contributed by atoms with E-state index in [9.17, 15) is 14.0 Å². The van der Waals surface area contributed by atoms with E-state index < -0.39 is 11.7 Å². The lowest BCUT2D eigenvalue weighted by Crippen LogP contribution is -2.39. The van der Waals surface area contributed by atoms with Crippen molar-refractivity contribution in [3.05, 3.63) is 77.4 Å². The molecule has 0 bridgehead atoms. The second-order valence-electron chi connectivity index (χ2n) is 7.67. The van der Waals surface area contributed by atoms with Crippen LogP contribution in [0.3, 0.4) is 0 Å². The van der Waals surface area contributed by atoms with Gasteiger partial charge in [0.05, 0.1) is 5.56 Å². The molecule has 0 atom stereocenters. The fourth-order valence-electron chi connectivity index (χ4n) is 3.82. The molecule has 5 nitrogen and oxygen atoms in total. The highest BCUT2D eigenvalue weighted by atomic mass is 19.1. The molecule has 0 aliphatic carbocycles. The summed E-state index contributed by atoms with van der Waals surface area (Å²) in [5, 5.41) is 3.68. The Morgan fingerprint density at radius 2 is 1.66 bits per heavy atom. The Bertz CT molecular complexity index is 1130. The van der Waals surface area contributed by atoms with Gasteiger partial charge in [0, 0.05) is 42.3 Å². The average Bonchev–Trinajstić information content (AvgIpc) is 3.16. The van der Waals surface area contributed by atoms with Crippen molar-refractivity contribution in [3.63, 3.8) is 0 Å². The number of nitrogens with zero attached hydrogens (tertiary/aromatic N) is 2. The van der Waals surface area contributed by atoms with E-state index >= 15 is 0 Å². The van der Waals surface area contributed by atoms with Gasteiger partial charge in [-0.1, -0.05) is 44.2 Å². The number of nitrogens with one attached hydrogen (secondary N) is 1. The van der Waals surface area contributed by atoms with Gasteiger partial charge in [-0.2, -0.15) is 0 Å². The summed E-state index contributed by atoms with van der Waals surface area (Å²) in [5.41, 5.74) is 1.92. The molecule has 0 spiro atoms. The first-order chi connectivity index (χ1) is 15.5. The third-order valence-corrected chi connectivity index (χ3v) is 5.33. The number of hydrogen-bond donors (Lipinski definition) is 1. The lowest BCUT2D eigenvalue weighted by Gasteiger charge is -2.23. The number of aryl methyl sites for hydroxylation is 1. The van der Waals surface area contributed by atoms with Crippen LogP contribution in [0.25, 0.3) is 17.0 Å². The van der Waals surface area contributed by atoms with Crippen molar-refractivity contribution in [1.82, 2.24) is 14.8 Å². The molecule has 2 amide bonds. The second kappa shape index (κ2) is 10.8. The standard InChI is InChI=1S/C26H30FN3O2/c1-4-15-30(16-5-2)26(32)23(28-25(31)21-12-7-9-13-22(21)27)17-19-18-29(6-3)24-14-10-8-11-20(19)24/h7-14,17-18H,4-6,15-16H2,1-3H3,(H,28,31). The van der Waals surface area contributed by atoms with Gasteiger partial charge in [-0.3, -0.25) is 9.59 Å². The van der Waals surface area contributed by atoms with Gasteiger partial charge in [-0.05, 0) is 44.0 Å². The quantitative estimate of drug-likeness (QED) is 0.469. The van der Waals surface area contributed by atoms with E-state index in [0.29, 0.717) is 13.1 Å². The number of rotatable bonds is 9. The summed E-state index contributed by atoms with van der Waals surface area (Å²) in [6.07, 6.45) is 5.27. The molecule has 3 rings (SSSR count). The van der Waals surface area contributed by atoms with Gasteiger partial charge >= 0.3 is 0 Å². The molecular formula is C26H30FN3O2. The highest BCUT2D eigenvalue weighted by Gasteiger charge is 2.22. The number of aromatic nitrogens is 1. The molecule has 1 aromatic heterocycles. The molecule has 0 saturated heterocycles. The van der Waals surface area contributed by atoms with Crippen LogP contribution in [-0.4, -0.2) is 34.4 Å². The van der Waals surface area contributed by atoms with E-state index in [1.807, 2.05) is 44.3 Å². The fraction of sp³-hybridized carbons (Fsp3) is 0.308. The number of halogens is 1. The topological polar surface area (TPSA) is 54.3 Å². The number of hydrogen-bond acceptors (Lipinski definition) is 2. The maximum absolute atomic E-state index is 14.2. The zero-order valence-corrected chi connectivity index (χ0v) is 18.9. The van der Waals surface area contributed by atoms with Crippen LogP contribution in [0, 0.1) is 5.82 Å². The summed E-state index contributed by atoms with van der Waals surface area (Å²) >= 11 is 0. The first-order valence-corrected chi connectivity index (χ1v) is 11.1. The lowest BCUT2D eigenvalue weighted by molar-refractivity contribution is -0.127. The van der Waals surface area contributed by atoms with Crippen molar-refractivity contribution < 1.29 is 14.0 Å². The maximum atomic E-state index is 14.2. The highest BCUT2D eigenvalue weighted by molar-refractivity contribution is 6.06. The van der Waals surface area contributed by atoms with Gasteiger partial charge in [0.15, 0.2) is 0 Å². The molecule has 6 heteroatoms. The third-order valence-electron chi connectivity index (χ3n) is 5.33. The van der Waals surface area contributed by atoms with Crippen LogP contribution in [-0.2, 0) is 11.3 Å².